The zero-order chi connectivity index (χ0) is 19.3. The third-order valence-corrected chi connectivity index (χ3v) is 5.67. The van der Waals surface area contributed by atoms with Gasteiger partial charge in [0.25, 0.3) is 0 Å². The predicted octanol–water partition coefficient (Wildman–Crippen LogP) is 4.62. The second-order valence-electron chi connectivity index (χ2n) is 6.52. The predicted molar refractivity (Wildman–Crippen MR) is 110 cm³/mol. The number of carboxylic acids is 1. The normalized spacial score (nSPS) is 12.4. The van der Waals surface area contributed by atoms with E-state index in [2.05, 4.69) is 22.4 Å². The highest BCUT2D eigenvalue weighted by atomic mass is 32.2. The molecule has 0 spiro atoms. The lowest BCUT2D eigenvalue weighted by atomic mass is 10.1. The van der Waals surface area contributed by atoms with E-state index in [0.717, 1.165) is 34.9 Å². The Labute approximate surface area is 167 Å². The van der Waals surface area contributed by atoms with Crippen molar-refractivity contribution in [2.75, 3.05) is 11.1 Å². The molecule has 2 aromatic carbocycles. The molecule has 2 N–H and O–H groups in total. The number of hydrogen-bond acceptors (Lipinski definition) is 5. The summed E-state index contributed by atoms with van der Waals surface area (Å²) in [6, 6.07) is 16.9. The summed E-state index contributed by atoms with van der Waals surface area (Å²) in [6.45, 7) is 0.998. The highest BCUT2D eigenvalue weighted by molar-refractivity contribution is 7.99. The number of thioether (sulfide) groups is 1. The maximum Gasteiger partial charge on any atom is 0.335 e. The second-order valence-corrected chi connectivity index (χ2v) is 7.66. The number of nitrogens with one attached hydrogen (secondary N) is 1. The van der Waals surface area contributed by atoms with Gasteiger partial charge < -0.3 is 15.2 Å². The second kappa shape index (κ2) is 8.35. The van der Waals surface area contributed by atoms with Gasteiger partial charge in [0, 0.05) is 16.8 Å². The minimum Gasteiger partial charge on any atom is -0.487 e. The van der Waals surface area contributed by atoms with Crippen LogP contribution in [0.1, 0.15) is 27.2 Å². The maximum absolute atomic E-state index is 11.0. The Morgan fingerprint density at radius 2 is 2.04 bits per heavy atom. The Kier molecular flexibility index (Phi) is 5.48. The lowest BCUT2D eigenvalue weighted by molar-refractivity contribution is 0.0697. The third-order valence-electron chi connectivity index (χ3n) is 4.57. The van der Waals surface area contributed by atoms with E-state index in [1.54, 1.807) is 30.5 Å². The zero-order valence-corrected chi connectivity index (χ0v) is 16.0. The molecule has 0 amide bonds. The molecule has 6 heteroatoms. The number of ether oxygens (including phenoxy) is 1. The Morgan fingerprint density at radius 3 is 2.79 bits per heavy atom. The Bertz CT molecular complexity index is 975. The summed E-state index contributed by atoms with van der Waals surface area (Å²) >= 11 is 1.85. The van der Waals surface area contributed by atoms with Crippen LogP contribution in [0, 0.1) is 0 Å². The molecule has 0 saturated heterocycles. The molecule has 0 fully saturated rings. The molecule has 1 aromatic heterocycles. The van der Waals surface area contributed by atoms with Crippen LogP contribution in [-0.2, 0) is 19.6 Å². The third kappa shape index (κ3) is 4.28. The molecule has 1 aliphatic rings. The number of aromatic nitrogens is 1. The van der Waals surface area contributed by atoms with Gasteiger partial charge in [-0.2, -0.15) is 0 Å². The molecule has 0 bridgehead atoms. The van der Waals surface area contributed by atoms with Crippen molar-refractivity contribution >= 4 is 23.4 Å². The van der Waals surface area contributed by atoms with Crippen LogP contribution in [0.5, 0.6) is 5.75 Å². The van der Waals surface area contributed by atoms with Gasteiger partial charge >= 0.3 is 5.97 Å². The first-order chi connectivity index (χ1) is 13.7. The van der Waals surface area contributed by atoms with Gasteiger partial charge in [-0.05, 0) is 53.9 Å². The average molecular weight is 392 g/mol. The van der Waals surface area contributed by atoms with Crippen molar-refractivity contribution in [2.45, 2.75) is 24.5 Å². The van der Waals surface area contributed by atoms with Gasteiger partial charge in [0.2, 0.25) is 0 Å². The molecule has 5 nitrogen and oxygen atoms in total. The summed E-state index contributed by atoms with van der Waals surface area (Å²) in [4.78, 5) is 16.6. The van der Waals surface area contributed by atoms with E-state index in [9.17, 15) is 4.79 Å². The van der Waals surface area contributed by atoms with Crippen molar-refractivity contribution in [3.63, 3.8) is 0 Å². The topological polar surface area (TPSA) is 71.5 Å². The zero-order valence-electron chi connectivity index (χ0n) is 15.2. The quantitative estimate of drug-likeness (QED) is 0.611. The van der Waals surface area contributed by atoms with Crippen molar-refractivity contribution < 1.29 is 14.6 Å². The van der Waals surface area contributed by atoms with Crippen molar-refractivity contribution in [3.05, 3.63) is 83.2 Å². The molecular weight excluding hydrogens is 372 g/mol. The molecule has 0 radical (unpaired) electrons. The van der Waals surface area contributed by atoms with Crippen LogP contribution in [0.25, 0.3) is 0 Å². The molecule has 28 heavy (non-hydrogen) atoms. The summed E-state index contributed by atoms with van der Waals surface area (Å²) in [5.74, 6) is 0.963. The van der Waals surface area contributed by atoms with Gasteiger partial charge in [-0.25, -0.2) is 4.79 Å². The van der Waals surface area contributed by atoms with Crippen LogP contribution >= 0.6 is 11.8 Å². The van der Waals surface area contributed by atoms with E-state index in [1.807, 2.05) is 30.0 Å². The number of aryl methyl sites for hydroxylation is 1. The van der Waals surface area contributed by atoms with Gasteiger partial charge in [-0.15, -0.1) is 11.8 Å². The fraction of sp³-hybridized carbons (Fsp3) is 0.182. The smallest absolute Gasteiger partial charge is 0.335 e. The van der Waals surface area contributed by atoms with Crippen molar-refractivity contribution in [1.82, 2.24) is 4.98 Å². The van der Waals surface area contributed by atoms with Crippen LogP contribution in [0.3, 0.4) is 0 Å². The summed E-state index contributed by atoms with van der Waals surface area (Å²) in [7, 11) is 0. The van der Waals surface area contributed by atoms with Gasteiger partial charge in [0.1, 0.15) is 12.4 Å². The van der Waals surface area contributed by atoms with Crippen LogP contribution in [0.15, 0.2) is 65.7 Å². The van der Waals surface area contributed by atoms with Crippen LogP contribution in [0.2, 0.25) is 0 Å². The fourth-order valence-electron chi connectivity index (χ4n) is 3.06. The molecule has 142 valence electrons. The van der Waals surface area contributed by atoms with Crippen molar-refractivity contribution in [2.24, 2.45) is 0 Å². The molecule has 1 aliphatic heterocycles. The molecule has 3 aromatic rings. The lowest BCUT2D eigenvalue weighted by Crippen LogP contribution is -2.05. The Hall–Kier alpha value is -2.99. The molecule has 4 rings (SSSR count). The van der Waals surface area contributed by atoms with Crippen LogP contribution < -0.4 is 10.1 Å². The Balaban J connectivity index is 1.50. The van der Waals surface area contributed by atoms with E-state index in [0.29, 0.717) is 13.2 Å². The molecular formula is C22H20N2O3S. The standard InChI is InChI=1S/C22H20N2O3S/c25-22(26)16-6-4-15(5-7-16)14-27-20-12-21-17(8-10-28-21)11-19(20)24-13-18-3-1-2-9-23-18/h1-7,9,11-12,24H,8,10,13-14H2,(H,25,26). The van der Waals surface area contributed by atoms with Gasteiger partial charge in [-0.3, -0.25) is 4.98 Å². The number of rotatable bonds is 7. The molecule has 2 heterocycles. The number of hydrogen-bond donors (Lipinski definition) is 2. The van der Waals surface area contributed by atoms with Gasteiger partial charge in [-0.1, -0.05) is 18.2 Å². The van der Waals surface area contributed by atoms with E-state index < -0.39 is 5.97 Å². The van der Waals surface area contributed by atoms with Gasteiger partial charge in [0.05, 0.1) is 23.5 Å². The number of anilines is 1. The minimum absolute atomic E-state index is 0.274. The summed E-state index contributed by atoms with van der Waals surface area (Å²) in [5, 5.41) is 12.5. The number of carboxylic acid groups (broad SMARTS) is 1. The first-order valence-corrected chi connectivity index (χ1v) is 10.1. The fourth-order valence-corrected chi connectivity index (χ4v) is 4.14. The Morgan fingerprint density at radius 1 is 1.18 bits per heavy atom. The number of aromatic carboxylic acids is 1. The molecule has 0 saturated carbocycles. The first-order valence-electron chi connectivity index (χ1n) is 9.07. The largest absolute Gasteiger partial charge is 0.487 e. The van der Waals surface area contributed by atoms with E-state index in [-0.39, 0.29) is 5.56 Å². The molecule has 0 unspecified atom stereocenters. The van der Waals surface area contributed by atoms with Crippen molar-refractivity contribution in [1.29, 1.82) is 0 Å². The van der Waals surface area contributed by atoms with E-state index in [1.165, 1.54) is 10.5 Å². The maximum atomic E-state index is 11.0. The van der Waals surface area contributed by atoms with Crippen LogP contribution in [-0.4, -0.2) is 21.8 Å². The molecule has 0 aliphatic carbocycles. The molecule has 0 atom stereocenters. The SMILES string of the molecule is O=C(O)c1ccc(COc2cc3c(cc2NCc2ccccn2)CCS3)cc1. The van der Waals surface area contributed by atoms with E-state index >= 15 is 0 Å². The number of nitrogens with zero attached hydrogens (tertiary/aromatic N) is 1. The van der Waals surface area contributed by atoms with E-state index in [4.69, 9.17) is 9.84 Å². The minimum atomic E-state index is -0.927. The van der Waals surface area contributed by atoms with Crippen molar-refractivity contribution in [3.8, 4) is 5.75 Å². The monoisotopic (exact) mass is 392 g/mol. The number of benzene rings is 2. The number of carbonyl (C=O) groups is 1. The summed E-state index contributed by atoms with van der Waals surface area (Å²) in [5.41, 5.74) is 4.46. The summed E-state index contributed by atoms with van der Waals surface area (Å²) < 4.78 is 6.09. The highest BCUT2D eigenvalue weighted by Gasteiger charge is 2.16. The van der Waals surface area contributed by atoms with Gasteiger partial charge in [0.15, 0.2) is 0 Å². The first kappa shape index (κ1) is 18.4. The average Bonchev–Trinajstić information content (AvgIpc) is 3.18. The number of fused-ring (bicyclic) bond motifs is 1. The number of pyridine rings is 1. The lowest BCUT2D eigenvalue weighted by Gasteiger charge is -2.15. The highest BCUT2D eigenvalue weighted by Crippen LogP contribution is 2.39. The van der Waals surface area contributed by atoms with Crippen LogP contribution in [0.4, 0.5) is 5.69 Å². The summed E-state index contributed by atoms with van der Waals surface area (Å²) in [6.07, 6.45) is 2.85.